The minimum atomic E-state index is -0.431. The van der Waals surface area contributed by atoms with Crippen LogP contribution in [0.15, 0.2) is 84.9 Å². The van der Waals surface area contributed by atoms with E-state index < -0.39 is 5.92 Å². The first-order chi connectivity index (χ1) is 16.5. The second-order valence-electron chi connectivity index (χ2n) is 8.41. The number of anilines is 2. The van der Waals surface area contributed by atoms with Crippen LogP contribution < -0.4 is 15.0 Å². The van der Waals surface area contributed by atoms with Gasteiger partial charge in [-0.25, -0.2) is 0 Å². The Morgan fingerprint density at radius 2 is 1.68 bits per heavy atom. The molecule has 6 heteroatoms. The van der Waals surface area contributed by atoms with E-state index in [4.69, 9.17) is 16.3 Å². The topological polar surface area (TPSA) is 58.6 Å². The van der Waals surface area contributed by atoms with Crippen molar-refractivity contribution in [2.75, 3.05) is 16.8 Å². The summed E-state index contributed by atoms with van der Waals surface area (Å²) in [7, 11) is 0. The largest absolute Gasteiger partial charge is 0.457 e. The third-order valence-electron chi connectivity index (χ3n) is 6.10. The van der Waals surface area contributed by atoms with Crippen LogP contribution in [0.4, 0.5) is 11.4 Å². The minimum Gasteiger partial charge on any atom is -0.457 e. The number of nitrogens with zero attached hydrogens (tertiary/aromatic N) is 1. The first kappa shape index (κ1) is 22.0. The molecule has 0 unspecified atom stereocenters. The van der Waals surface area contributed by atoms with Gasteiger partial charge in [0.05, 0.1) is 5.92 Å². The van der Waals surface area contributed by atoms with Crippen molar-refractivity contribution in [2.24, 2.45) is 5.92 Å². The molecule has 1 aliphatic rings. The Hall–Kier alpha value is -3.83. The third kappa shape index (κ3) is 4.47. The molecule has 1 N–H and O–H groups in total. The molecule has 0 spiro atoms. The van der Waals surface area contributed by atoms with Crippen LogP contribution in [0, 0.1) is 12.8 Å². The lowest BCUT2D eigenvalue weighted by Gasteiger charge is -2.19. The molecule has 0 bridgehead atoms. The van der Waals surface area contributed by atoms with Crippen molar-refractivity contribution < 1.29 is 14.3 Å². The number of rotatable bonds is 5. The van der Waals surface area contributed by atoms with Gasteiger partial charge >= 0.3 is 0 Å². The summed E-state index contributed by atoms with van der Waals surface area (Å²) in [5, 5.41) is 5.78. The van der Waals surface area contributed by atoms with E-state index in [1.807, 2.05) is 67.6 Å². The average Bonchev–Trinajstić information content (AvgIpc) is 3.23. The van der Waals surface area contributed by atoms with Crippen LogP contribution in [0.1, 0.15) is 12.0 Å². The van der Waals surface area contributed by atoms with Gasteiger partial charge in [0, 0.05) is 29.4 Å². The van der Waals surface area contributed by atoms with E-state index in [-0.39, 0.29) is 18.2 Å². The molecular weight excluding hydrogens is 448 g/mol. The summed E-state index contributed by atoms with van der Waals surface area (Å²) in [5.41, 5.74) is 2.24. The lowest BCUT2D eigenvalue weighted by Crippen LogP contribution is -2.28. The highest BCUT2D eigenvalue weighted by Gasteiger charge is 2.35. The molecule has 5 rings (SSSR count). The van der Waals surface area contributed by atoms with Gasteiger partial charge in [-0.2, -0.15) is 0 Å². The first-order valence-electron chi connectivity index (χ1n) is 11.1. The van der Waals surface area contributed by atoms with Gasteiger partial charge in [-0.1, -0.05) is 48.0 Å². The van der Waals surface area contributed by atoms with Crippen LogP contribution in [0.5, 0.6) is 11.5 Å². The third-order valence-corrected chi connectivity index (χ3v) is 6.51. The van der Waals surface area contributed by atoms with Crippen LogP contribution in [-0.4, -0.2) is 18.4 Å². The maximum Gasteiger partial charge on any atom is 0.229 e. The number of ether oxygens (including phenoxy) is 1. The van der Waals surface area contributed by atoms with Crippen LogP contribution in [-0.2, 0) is 9.59 Å². The molecule has 1 saturated heterocycles. The van der Waals surface area contributed by atoms with E-state index in [9.17, 15) is 9.59 Å². The minimum absolute atomic E-state index is 0.0790. The van der Waals surface area contributed by atoms with Gasteiger partial charge in [0.1, 0.15) is 11.5 Å². The van der Waals surface area contributed by atoms with Crippen molar-refractivity contribution in [1.82, 2.24) is 0 Å². The second-order valence-corrected chi connectivity index (χ2v) is 8.82. The summed E-state index contributed by atoms with van der Waals surface area (Å²) in [4.78, 5) is 27.1. The van der Waals surface area contributed by atoms with Gasteiger partial charge in [0.15, 0.2) is 0 Å². The summed E-state index contributed by atoms with van der Waals surface area (Å²) in [5.74, 6) is 0.728. The zero-order valence-electron chi connectivity index (χ0n) is 18.6. The summed E-state index contributed by atoms with van der Waals surface area (Å²) in [6.07, 6.45) is 0.168. The highest BCUT2D eigenvalue weighted by molar-refractivity contribution is 6.31. The van der Waals surface area contributed by atoms with Crippen molar-refractivity contribution in [2.45, 2.75) is 13.3 Å². The predicted octanol–water partition coefficient (Wildman–Crippen LogP) is 6.59. The van der Waals surface area contributed by atoms with Crippen molar-refractivity contribution >= 4 is 45.6 Å². The van der Waals surface area contributed by atoms with Gasteiger partial charge < -0.3 is 15.0 Å². The number of fused-ring (bicyclic) bond motifs is 1. The zero-order chi connectivity index (χ0) is 23.7. The number of carbonyl (C=O) groups excluding carboxylic acids is 2. The molecule has 1 aliphatic heterocycles. The standard InChI is InChI=1S/C28H23ClN2O3/c1-18-25(29)7-4-8-26(18)31-17-21(16-27(31)32)28(33)30-22-10-13-23(14-11-22)34-24-12-9-19-5-2-3-6-20(19)15-24/h2-15,21H,16-17H2,1H3,(H,30,33)/t21-/m1/s1. The van der Waals surface area contributed by atoms with Crippen molar-refractivity contribution in [3.8, 4) is 11.5 Å². The molecule has 34 heavy (non-hydrogen) atoms. The van der Waals surface area contributed by atoms with E-state index >= 15 is 0 Å². The van der Waals surface area contributed by atoms with E-state index in [2.05, 4.69) is 11.4 Å². The molecule has 170 valence electrons. The molecule has 1 atom stereocenters. The molecule has 4 aromatic carbocycles. The highest BCUT2D eigenvalue weighted by Crippen LogP contribution is 2.32. The lowest BCUT2D eigenvalue weighted by atomic mass is 10.1. The fourth-order valence-electron chi connectivity index (χ4n) is 4.22. The smallest absolute Gasteiger partial charge is 0.229 e. The summed E-state index contributed by atoms with van der Waals surface area (Å²) >= 11 is 6.21. The Balaban J connectivity index is 1.23. The van der Waals surface area contributed by atoms with Gasteiger partial charge in [0.25, 0.3) is 0 Å². The molecule has 1 fully saturated rings. The molecule has 0 radical (unpaired) electrons. The number of halogens is 1. The Kier molecular flexibility index (Phi) is 5.95. The summed E-state index contributed by atoms with van der Waals surface area (Å²) in [6, 6.07) is 26.7. The lowest BCUT2D eigenvalue weighted by molar-refractivity contribution is -0.122. The highest BCUT2D eigenvalue weighted by atomic mass is 35.5. The molecule has 0 saturated carbocycles. The van der Waals surface area contributed by atoms with E-state index in [1.54, 1.807) is 23.1 Å². The maximum atomic E-state index is 12.8. The van der Waals surface area contributed by atoms with Crippen LogP contribution in [0.25, 0.3) is 10.8 Å². The normalized spacial score (nSPS) is 15.5. The van der Waals surface area contributed by atoms with E-state index in [0.29, 0.717) is 23.0 Å². The Morgan fingerprint density at radius 1 is 0.941 bits per heavy atom. The number of hydrogen-bond donors (Lipinski definition) is 1. The molecular formula is C28H23ClN2O3. The van der Waals surface area contributed by atoms with Gasteiger partial charge in [-0.3, -0.25) is 9.59 Å². The van der Waals surface area contributed by atoms with Crippen LogP contribution in [0.2, 0.25) is 5.02 Å². The van der Waals surface area contributed by atoms with E-state index in [0.717, 1.165) is 27.8 Å². The van der Waals surface area contributed by atoms with Crippen molar-refractivity contribution in [3.05, 3.63) is 95.5 Å². The maximum absolute atomic E-state index is 12.8. The number of hydrogen-bond acceptors (Lipinski definition) is 3. The molecule has 0 aliphatic carbocycles. The first-order valence-corrected chi connectivity index (χ1v) is 11.5. The summed E-state index contributed by atoms with van der Waals surface area (Å²) < 4.78 is 5.97. The molecule has 0 aromatic heterocycles. The molecule has 2 amide bonds. The number of benzene rings is 4. The van der Waals surface area contributed by atoms with Gasteiger partial charge in [0.2, 0.25) is 11.8 Å². The number of nitrogens with one attached hydrogen (secondary N) is 1. The predicted molar refractivity (Wildman–Crippen MR) is 136 cm³/mol. The molecule has 4 aromatic rings. The second kappa shape index (κ2) is 9.20. The zero-order valence-corrected chi connectivity index (χ0v) is 19.4. The Bertz CT molecular complexity index is 1380. The Labute approximate surface area is 202 Å². The monoisotopic (exact) mass is 470 g/mol. The number of amides is 2. The van der Waals surface area contributed by atoms with E-state index in [1.165, 1.54) is 0 Å². The quantitative estimate of drug-likeness (QED) is 0.358. The van der Waals surface area contributed by atoms with Crippen molar-refractivity contribution in [1.29, 1.82) is 0 Å². The molecule has 5 nitrogen and oxygen atoms in total. The SMILES string of the molecule is Cc1c(Cl)cccc1N1C[C@H](C(=O)Nc2ccc(Oc3ccc4ccccc4c3)cc2)CC1=O. The van der Waals surface area contributed by atoms with Gasteiger partial charge in [-0.15, -0.1) is 0 Å². The fourth-order valence-corrected chi connectivity index (χ4v) is 4.39. The average molecular weight is 471 g/mol. The summed E-state index contributed by atoms with van der Waals surface area (Å²) in [6.45, 7) is 2.20. The van der Waals surface area contributed by atoms with Crippen LogP contribution in [0.3, 0.4) is 0 Å². The fraction of sp³-hybridized carbons (Fsp3) is 0.143. The van der Waals surface area contributed by atoms with Gasteiger partial charge in [-0.05, 0) is 71.8 Å². The van der Waals surface area contributed by atoms with Crippen LogP contribution >= 0.6 is 11.6 Å². The molecule has 1 heterocycles. The Morgan fingerprint density at radius 3 is 2.47 bits per heavy atom. The van der Waals surface area contributed by atoms with Crippen molar-refractivity contribution in [3.63, 3.8) is 0 Å². The number of carbonyl (C=O) groups is 2.